The second-order valence-corrected chi connectivity index (χ2v) is 7.22. The van der Waals surface area contributed by atoms with Crippen molar-refractivity contribution in [1.82, 2.24) is 19.9 Å². The average Bonchev–Trinajstić information content (AvgIpc) is 3.35. The summed E-state index contributed by atoms with van der Waals surface area (Å²) in [4.78, 5) is 25.2. The molecule has 9 nitrogen and oxygen atoms in total. The lowest BCUT2D eigenvalue weighted by atomic mass is 10.1. The first-order chi connectivity index (χ1) is 15.6. The van der Waals surface area contributed by atoms with Crippen molar-refractivity contribution in [3.8, 4) is 17.0 Å². The van der Waals surface area contributed by atoms with Gasteiger partial charge in [0.25, 0.3) is 12.4 Å². The first-order valence-corrected chi connectivity index (χ1v) is 10.1. The lowest BCUT2D eigenvalue weighted by Crippen LogP contribution is -2.24. The molecule has 0 spiro atoms. The van der Waals surface area contributed by atoms with Crippen molar-refractivity contribution in [2.24, 2.45) is 5.73 Å². The lowest BCUT2D eigenvalue weighted by molar-refractivity contribution is -0.122. The van der Waals surface area contributed by atoms with E-state index in [9.17, 15) is 4.79 Å². The molecular formula is C23H23N5O4. The van der Waals surface area contributed by atoms with Crippen LogP contribution in [-0.2, 0) is 24.4 Å². The van der Waals surface area contributed by atoms with E-state index in [0.717, 1.165) is 41.2 Å². The first kappa shape index (κ1) is 21.1. The Morgan fingerprint density at radius 3 is 2.59 bits per heavy atom. The van der Waals surface area contributed by atoms with Gasteiger partial charge >= 0.3 is 0 Å². The molecule has 4 aromatic rings. The van der Waals surface area contributed by atoms with Gasteiger partial charge in [-0.2, -0.15) is 0 Å². The zero-order valence-corrected chi connectivity index (χ0v) is 17.2. The third-order valence-electron chi connectivity index (χ3n) is 5.22. The topological polar surface area (TPSA) is 135 Å². The number of aromatic nitrogens is 3. The standard InChI is InChI=1S/C22H21N5O2.CH2O2/c23-21(28)19-20(26-27-18-12-24-11-10-17(18)25-22(19)27)15-6-8-16(9-7-15)29-13-14-4-2-1-3-5-14;2-1-3/h1-9,24,26H,10-13H2,(H2,23,28);1H,(H,2,3). The van der Waals surface area contributed by atoms with Gasteiger partial charge in [-0.05, 0) is 29.8 Å². The first-order valence-electron chi connectivity index (χ1n) is 10.1. The molecule has 0 aliphatic carbocycles. The van der Waals surface area contributed by atoms with Crippen molar-refractivity contribution in [3.05, 3.63) is 77.1 Å². The van der Waals surface area contributed by atoms with Gasteiger partial charge in [-0.15, -0.1) is 0 Å². The molecule has 164 valence electrons. The van der Waals surface area contributed by atoms with Crippen LogP contribution in [0.4, 0.5) is 0 Å². The quantitative estimate of drug-likeness (QED) is 0.357. The predicted octanol–water partition coefficient (Wildman–Crippen LogP) is 2.35. The highest BCUT2D eigenvalue weighted by molar-refractivity contribution is 6.04. The Bertz CT molecular complexity index is 1230. The molecule has 2 aromatic carbocycles. The van der Waals surface area contributed by atoms with Crippen LogP contribution in [0.2, 0.25) is 0 Å². The maximum atomic E-state index is 12.2. The van der Waals surface area contributed by atoms with Crippen molar-refractivity contribution < 1.29 is 19.4 Å². The number of H-pyrrole nitrogens is 1. The van der Waals surface area contributed by atoms with Crippen LogP contribution in [0.15, 0.2) is 54.6 Å². The van der Waals surface area contributed by atoms with Gasteiger partial charge in [-0.25, -0.2) is 9.50 Å². The van der Waals surface area contributed by atoms with E-state index < -0.39 is 5.91 Å². The molecule has 5 rings (SSSR count). The van der Waals surface area contributed by atoms with Gasteiger partial charge in [0, 0.05) is 25.1 Å². The zero-order valence-electron chi connectivity index (χ0n) is 17.2. The number of nitrogens with one attached hydrogen (secondary N) is 2. The minimum atomic E-state index is -0.494. The summed E-state index contributed by atoms with van der Waals surface area (Å²) in [6.07, 6.45) is 0.839. The van der Waals surface area contributed by atoms with Gasteiger partial charge in [0.2, 0.25) is 0 Å². The minimum absolute atomic E-state index is 0.250. The molecule has 5 N–H and O–H groups in total. The fraction of sp³-hybridized carbons (Fsp3) is 0.174. The summed E-state index contributed by atoms with van der Waals surface area (Å²) in [5.41, 5.74) is 11.4. The zero-order chi connectivity index (χ0) is 22.5. The number of rotatable bonds is 5. The summed E-state index contributed by atoms with van der Waals surface area (Å²) >= 11 is 0. The molecule has 1 aliphatic rings. The second kappa shape index (κ2) is 9.36. The largest absolute Gasteiger partial charge is 0.489 e. The van der Waals surface area contributed by atoms with Crippen LogP contribution in [-0.4, -0.2) is 38.6 Å². The van der Waals surface area contributed by atoms with Gasteiger partial charge in [0.1, 0.15) is 17.9 Å². The lowest BCUT2D eigenvalue weighted by Gasteiger charge is -2.11. The Morgan fingerprint density at radius 1 is 1.19 bits per heavy atom. The molecular weight excluding hydrogens is 410 g/mol. The van der Waals surface area contributed by atoms with Crippen LogP contribution in [0.25, 0.3) is 16.9 Å². The number of hydrogen-bond donors (Lipinski definition) is 4. The highest BCUT2D eigenvalue weighted by Crippen LogP contribution is 2.29. The molecule has 0 saturated carbocycles. The Balaban J connectivity index is 0.000000775. The van der Waals surface area contributed by atoms with Crippen LogP contribution in [0.3, 0.4) is 0 Å². The summed E-state index contributed by atoms with van der Waals surface area (Å²) in [7, 11) is 0. The number of carbonyl (C=O) groups excluding carboxylic acids is 1. The maximum Gasteiger partial charge on any atom is 0.290 e. The van der Waals surface area contributed by atoms with Gasteiger partial charge < -0.3 is 20.9 Å². The number of aromatic amines is 1. The normalized spacial score (nSPS) is 12.5. The maximum absolute atomic E-state index is 12.2. The van der Waals surface area contributed by atoms with E-state index in [-0.39, 0.29) is 6.47 Å². The van der Waals surface area contributed by atoms with Crippen molar-refractivity contribution in [3.63, 3.8) is 0 Å². The Kier molecular flexibility index (Phi) is 6.18. The van der Waals surface area contributed by atoms with Crippen molar-refractivity contribution in [2.75, 3.05) is 6.54 Å². The number of carboxylic acid groups (broad SMARTS) is 1. The molecule has 2 aromatic heterocycles. The van der Waals surface area contributed by atoms with Crippen molar-refractivity contribution >= 4 is 18.0 Å². The van der Waals surface area contributed by atoms with E-state index >= 15 is 0 Å². The molecule has 3 heterocycles. The number of nitrogens with zero attached hydrogens (tertiary/aromatic N) is 2. The van der Waals surface area contributed by atoms with Crippen LogP contribution in [0.1, 0.15) is 27.3 Å². The summed E-state index contributed by atoms with van der Waals surface area (Å²) in [6.45, 7) is 1.85. The summed E-state index contributed by atoms with van der Waals surface area (Å²) in [5, 5.41) is 13.5. The Morgan fingerprint density at radius 2 is 1.91 bits per heavy atom. The van der Waals surface area contributed by atoms with E-state index in [1.54, 1.807) is 0 Å². The van der Waals surface area contributed by atoms with Crippen LogP contribution in [0.5, 0.6) is 5.75 Å². The number of benzene rings is 2. The van der Waals surface area contributed by atoms with E-state index in [2.05, 4.69) is 15.4 Å². The number of fused-ring (bicyclic) bond motifs is 3. The molecule has 0 atom stereocenters. The van der Waals surface area contributed by atoms with Crippen LogP contribution in [0, 0.1) is 0 Å². The third kappa shape index (κ3) is 4.19. The van der Waals surface area contributed by atoms with E-state index in [4.69, 9.17) is 20.4 Å². The van der Waals surface area contributed by atoms with Crippen LogP contribution < -0.4 is 15.8 Å². The SMILES string of the molecule is NC(=O)c1c(-c2ccc(OCc3ccccc3)cc2)[nH]n2c3c(nc12)CCNC3.O=CO. The number of primary amides is 1. The monoisotopic (exact) mass is 433 g/mol. The molecule has 0 bridgehead atoms. The summed E-state index contributed by atoms with van der Waals surface area (Å²) in [5.74, 6) is 0.266. The van der Waals surface area contributed by atoms with Gasteiger partial charge in [-0.1, -0.05) is 30.3 Å². The predicted molar refractivity (Wildman–Crippen MR) is 118 cm³/mol. The molecule has 9 heteroatoms. The van der Waals surface area contributed by atoms with Gasteiger partial charge in [0.15, 0.2) is 5.65 Å². The molecule has 0 saturated heterocycles. The second-order valence-electron chi connectivity index (χ2n) is 7.22. The number of ether oxygens (including phenoxy) is 1. The van der Waals surface area contributed by atoms with Gasteiger partial charge in [-0.3, -0.25) is 14.7 Å². The Hall–Kier alpha value is -4.11. The van der Waals surface area contributed by atoms with Crippen LogP contribution >= 0.6 is 0 Å². The van der Waals surface area contributed by atoms with Crippen molar-refractivity contribution in [1.29, 1.82) is 0 Å². The summed E-state index contributed by atoms with van der Waals surface area (Å²) in [6, 6.07) is 17.6. The highest BCUT2D eigenvalue weighted by atomic mass is 16.5. The average molecular weight is 433 g/mol. The smallest absolute Gasteiger partial charge is 0.290 e. The number of imidazole rings is 1. The van der Waals surface area contributed by atoms with Gasteiger partial charge in [0.05, 0.1) is 17.1 Å². The fourth-order valence-electron chi connectivity index (χ4n) is 3.76. The third-order valence-corrected chi connectivity index (χ3v) is 5.22. The molecule has 0 radical (unpaired) electrons. The molecule has 1 aliphatic heterocycles. The number of amides is 1. The highest BCUT2D eigenvalue weighted by Gasteiger charge is 2.25. The Labute approximate surface area is 183 Å². The number of carbonyl (C=O) groups is 2. The molecule has 0 unspecified atom stereocenters. The molecule has 1 amide bonds. The number of hydrogen-bond acceptors (Lipinski definition) is 5. The fourth-order valence-corrected chi connectivity index (χ4v) is 3.76. The molecule has 32 heavy (non-hydrogen) atoms. The van der Waals surface area contributed by atoms with E-state index in [1.165, 1.54) is 0 Å². The van der Waals surface area contributed by atoms with E-state index in [0.29, 0.717) is 30.1 Å². The van der Waals surface area contributed by atoms with E-state index in [1.807, 2.05) is 59.1 Å². The minimum Gasteiger partial charge on any atom is -0.489 e. The molecule has 0 fully saturated rings. The summed E-state index contributed by atoms with van der Waals surface area (Å²) < 4.78 is 7.72. The van der Waals surface area contributed by atoms with Crippen molar-refractivity contribution in [2.45, 2.75) is 19.6 Å². The number of nitrogens with two attached hydrogens (primary N) is 1.